The molecule has 0 amide bonds. The fourth-order valence-corrected chi connectivity index (χ4v) is 1.30. The lowest BCUT2D eigenvalue weighted by atomic mass is 10.1. The van der Waals surface area contributed by atoms with E-state index in [-0.39, 0.29) is 0 Å². The van der Waals surface area contributed by atoms with Crippen molar-refractivity contribution < 1.29 is 33.3 Å². The Balaban J connectivity index is 3.44. The molecular weight excluding hydrogens is 238 g/mol. The molecule has 0 spiro atoms. The number of carbonyl (C=O) groups is 1. The quantitative estimate of drug-likeness (QED) is 0.777. The van der Waals surface area contributed by atoms with Gasteiger partial charge in [-0.3, -0.25) is 0 Å². The largest absolute Gasteiger partial charge is 0.504 e. The Morgan fingerprint density at radius 1 is 1.35 bits per heavy atom. The number of aliphatic hydroxyl groups excluding tert-OH is 1. The van der Waals surface area contributed by atoms with Crippen molar-refractivity contribution in [3.8, 4) is 11.5 Å². The van der Waals surface area contributed by atoms with Crippen molar-refractivity contribution >= 4 is 5.97 Å². The minimum absolute atomic E-state index is 0.377. The van der Waals surface area contributed by atoms with Crippen LogP contribution in [0.25, 0.3) is 0 Å². The number of carbonyl (C=O) groups excluding carboxylic acids is 1. The van der Waals surface area contributed by atoms with E-state index in [1.165, 1.54) is 0 Å². The van der Waals surface area contributed by atoms with Crippen molar-refractivity contribution in [2.75, 3.05) is 14.2 Å². The lowest BCUT2D eigenvalue weighted by Gasteiger charge is -2.15. The summed E-state index contributed by atoms with van der Waals surface area (Å²) in [5.41, 5.74) is -0.711. The second-order valence-electron chi connectivity index (χ2n) is 3.06. The average molecular weight is 248 g/mol. The van der Waals surface area contributed by atoms with Gasteiger partial charge in [-0.2, -0.15) is 0 Å². The summed E-state index contributed by atoms with van der Waals surface area (Å²) in [6, 6.07) is 0.377. The number of rotatable bonds is 3. The van der Waals surface area contributed by atoms with Crippen molar-refractivity contribution in [1.82, 2.24) is 0 Å². The SMILES string of the molecule is COC(=O)C(O)c1c(O)c(F)cc(F)c1OC. The molecule has 0 heterocycles. The number of benzene rings is 1. The number of aromatic hydroxyl groups is 1. The lowest BCUT2D eigenvalue weighted by molar-refractivity contribution is -0.150. The number of phenolic OH excluding ortho intramolecular Hbond substituents is 1. The molecule has 1 aromatic rings. The summed E-state index contributed by atoms with van der Waals surface area (Å²) in [5.74, 6) is -5.34. The van der Waals surface area contributed by atoms with Crippen LogP contribution in [0.4, 0.5) is 8.78 Å². The number of methoxy groups -OCH3 is 2. The summed E-state index contributed by atoms with van der Waals surface area (Å²) in [5, 5.41) is 18.8. The number of phenols is 1. The van der Waals surface area contributed by atoms with Crippen molar-refractivity contribution in [3.05, 3.63) is 23.3 Å². The monoisotopic (exact) mass is 248 g/mol. The maximum absolute atomic E-state index is 13.3. The zero-order valence-corrected chi connectivity index (χ0v) is 9.03. The third-order valence-corrected chi connectivity index (χ3v) is 2.10. The Labute approximate surface area is 95.2 Å². The number of ether oxygens (including phenoxy) is 2. The van der Waals surface area contributed by atoms with E-state index in [0.717, 1.165) is 14.2 Å². The molecule has 0 radical (unpaired) electrons. The predicted molar refractivity (Wildman–Crippen MR) is 51.6 cm³/mol. The normalized spacial score (nSPS) is 12.1. The van der Waals surface area contributed by atoms with Crippen LogP contribution >= 0.6 is 0 Å². The highest BCUT2D eigenvalue weighted by Gasteiger charge is 2.30. The minimum Gasteiger partial charge on any atom is -0.504 e. The molecule has 0 aliphatic carbocycles. The molecule has 0 fully saturated rings. The molecule has 0 aliphatic rings. The Bertz CT molecular complexity index is 447. The van der Waals surface area contributed by atoms with E-state index in [0.29, 0.717) is 6.07 Å². The van der Waals surface area contributed by atoms with Crippen LogP contribution < -0.4 is 4.74 Å². The van der Waals surface area contributed by atoms with E-state index in [2.05, 4.69) is 9.47 Å². The van der Waals surface area contributed by atoms with Crippen LogP contribution in [0, 0.1) is 11.6 Å². The van der Waals surface area contributed by atoms with Gasteiger partial charge >= 0.3 is 5.97 Å². The van der Waals surface area contributed by atoms with E-state index in [1.54, 1.807) is 0 Å². The second kappa shape index (κ2) is 4.96. The second-order valence-corrected chi connectivity index (χ2v) is 3.06. The van der Waals surface area contributed by atoms with Crippen LogP contribution in [-0.2, 0) is 9.53 Å². The fourth-order valence-electron chi connectivity index (χ4n) is 1.30. The summed E-state index contributed by atoms with van der Waals surface area (Å²) in [7, 11) is 2.02. The highest BCUT2D eigenvalue weighted by molar-refractivity contribution is 5.78. The number of esters is 1. The van der Waals surface area contributed by atoms with Crippen molar-refractivity contribution in [2.24, 2.45) is 0 Å². The molecule has 0 aromatic heterocycles. The van der Waals surface area contributed by atoms with Crippen LogP contribution in [0.15, 0.2) is 6.07 Å². The molecule has 5 nitrogen and oxygen atoms in total. The number of hydrogen-bond acceptors (Lipinski definition) is 5. The first kappa shape index (κ1) is 13.2. The molecular formula is C10H10F2O5. The van der Waals surface area contributed by atoms with E-state index in [4.69, 9.17) is 0 Å². The van der Waals surface area contributed by atoms with Gasteiger partial charge in [0.1, 0.15) is 0 Å². The van der Waals surface area contributed by atoms with Gasteiger partial charge in [0.2, 0.25) is 0 Å². The first-order valence-electron chi connectivity index (χ1n) is 4.44. The summed E-state index contributed by atoms with van der Waals surface area (Å²) in [4.78, 5) is 11.1. The molecule has 1 aromatic carbocycles. The summed E-state index contributed by atoms with van der Waals surface area (Å²) >= 11 is 0. The van der Waals surface area contributed by atoms with E-state index < -0.39 is 40.8 Å². The Kier molecular flexibility index (Phi) is 3.84. The minimum atomic E-state index is -2.04. The molecule has 1 rings (SSSR count). The molecule has 1 atom stereocenters. The van der Waals surface area contributed by atoms with Gasteiger partial charge < -0.3 is 19.7 Å². The van der Waals surface area contributed by atoms with Gasteiger partial charge in [-0.05, 0) is 0 Å². The molecule has 0 bridgehead atoms. The van der Waals surface area contributed by atoms with Crippen molar-refractivity contribution in [1.29, 1.82) is 0 Å². The van der Waals surface area contributed by atoms with Gasteiger partial charge in [-0.25, -0.2) is 13.6 Å². The predicted octanol–water partition coefficient (Wildman–Crippen LogP) is 0.885. The maximum atomic E-state index is 13.3. The molecule has 0 saturated carbocycles. The third-order valence-electron chi connectivity index (χ3n) is 2.10. The van der Waals surface area contributed by atoms with Gasteiger partial charge in [-0.1, -0.05) is 0 Å². The number of halogens is 2. The average Bonchev–Trinajstić information content (AvgIpc) is 2.31. The molecule has 0 saturated heterocycles. The van der Waals surface area contributed by atoms with Crippen molar-refractivity contribution in [3.63, 3.8) is 0 Å². The Hall–Kier alpha value is -1.89. The first-order chi connectivity index (χ1) is 7.93. The van der Waals surface area contributed by atoms with Crippen molar-refractivity contribution in [2.45, 2.75) is 6.10 Å². The number of hydrogen-bond donors (Lipinski definition) is 2. The van der Waals surface area contributed by atoms with Crippen LogP contribution in [-0.4, -0.2) is 30.4 Å². The van der Waals surface area contributed by atoms with E-state index >= 15 is 0 Å². The number of aliphatic hydroxyl groups is 1. The van der Waals surface area contributed by atoms with E-state index in [9.17, 15) is 23.8 Å². The lowest BCUT2D eigenvalue weighted by Crippen LogP contribution is -2.15. The van der Waals surface area contributed by atoms with Gasteiger partial charge in [0.15, 0.2) is 29.2 Å². The van der Waals surface area contributed by atoms with Crippen LogP contribution in [0.5, 0.6) is 11.5 Å². The van der Waals surface area contributed by atoms with Gasteiger partial charge in [0.05, 0.1) is 19.8 Å². The first-order valence-corrected chi connectivity index (χ1v) is 4.44. The molecule has 17 heavy (non-hydrogen) atoms. The highest BCUT2D eigenvalue weighted by Crippen LogP contribution is 2.38. The highest BCUT2D eigenvalue weighted by atomic mass is 19.1. The summed E-state index contributed by atoms with van der Waals surface area (Å²) in [6.07, 6.45) is -2.04. The summed E-state index contributed by atoms with van der Waals surface area (Å²) < 4.78 is 35.1. The standard InChI is InChI=1S/C10H10F2O5/c1-16-9-5(12)3-4(11)7(13)6(9)8(14)10(15)17-2/h3,8,13-14H,1-2H3. The van der Waals surface area contributed by atoms with Gasteiger partial charge in [0, 0.05) is 6.07 Å². The summed E-state index contributed by atoms with van der Waals surface area (Å²) in [6.45, 7) is 0. The molecule has 7 heteroatoms. The molecule has 1 unspecified atom stereocenters. The van der Waals surface area contributed by atoms with Crippen LogP contribution in [0.1, 0.15) is 11.7 Å². The van der Waals surface area contributed by atoms with Crippen LogP contribution in [0.2, 0.25) is 0 Å². The van der Waals surface area contributed by atoms with Gasteiger partial charge in [-0.15, -0.1) is 0 Å². The molecule has 94 valence electrons. The van der Waals surface area contributed by atoms with E-state index in [1.807, 2.05) is 0 Å². The molecule has 2 N–H and O–H groups in total. The Morgan fingerprint density at radius 2 is 1.94 bits per heavy atom. The van der Waals surface area contributed by atoms with Gasteiger partial charge in [0.25, 0.3) is 0 Å². The molecule has 0 aliphatic heterocycles. The maximum Gasteiger partial charge on any atom is 0.339 e. The Morgan fingerprint density at radius 3 is 2.41 bits per heavy atom. The zero-order valence-electron chi connectivity index (χ0n) is 9.03. The smallest absolute Gasteiger partial charge is 0.339 e. The van der Waals surface area contributed by atoms with Crippen LogP contribution in [0.3, 0.4) is 0 Å². The third kappa shape index (κ3) is 2.28. The zero-order chi connectivity index (χ0) is 13.2. The fraction of sp³-hybridized carbons (Fsp3) is 0.300. The topological polar surface area (TPSA) is 76.0 Å².